The van der Waals surface area contributed by atoms with Crippen LogP contribution in [0.1, 0.15) is 5.56 Å². The molecule has 0 spiro atoms. The Kier molecular flexibility index (Phi) is 6.90. The van der Waals surface area contributed by atoms with Crippen LogP contribution in [0.3, 0.4) is 0 Å². The molecule has 0 fully saturated rings. The van der Waals surface area contributed by atoms with Crippen molar-refractivity contribution in [3.05, 3.63) is 66.2 Å². The lowest BCUT2D eigenvalue weighted by Gasteiger charge is -2.19. The van der Waals surface area contributed by atoms with Gasteiger partial charge in [0.25, 0.3) is 0 Å². The zero-order chi connectivity index (χ0) is 15.6. The van der Waals surface area contributed by atoms with E-state index in [0.29, 0.717) is 26.1 Å². The van der Waals surface area contributed by atoms with E-state index in [2.05, 4.69) is 5.32 Å². The number of benzene rings is 2. The Morgan fingerprint density at radius 1 is 1.00 bits per heavy atom. The van der Waals surface area contributed by atoms with Crippen LogP contribution in [0.4, 0.5) is 0 Å². The van der Waals surface area contributed by atoms with E-state index < -0.39 is 6.10 Å². The summed E-state index contributed by atoms with van der Waals surface area (Å²) in [5.41, 5.74) is 7.17. The first-order valence-electron chi connectivity index (χ1n) is 7.62. The van der Waals surface area contributed by atoms with Crippen molar-refractivity contribution >= 4 is 0 Å². The van der Waals surface area contributed by atoms with Crippen molar-refractivity contribution in [3.63, 3.8) is 0 Å². The van der Waals surface area contributed by atoms with E-state index >= 15 is 0 Å². The van der Waals surface area contributed by atoms with Gasteiger partial charge in [-0.15, -0.1) is 0 Å². The Bertz CT molecular complexity index is 519. The minimum Gasteiger partial charge on any atom is -0.492 e. The van der Waals surface area contributed by atoms with Crippen LogP contribution in [0.15, 0.2) is 60.7 Å². The van der Waals surface area contributed by atoms with E-state index in [4.69, 9.17) is 10.5 Å². The second kappa shape index (κ2) is 9.20. The summed E-state index contributed by atoms with van der Waals surface area (Å²) in [7, 11) is 0. The summed E-state index contributed by atoms with van der Waals surface area (Å²) < 4.78 is 5.57. The van der Waals surface area contributed by atoms with Gasteiger partial charge in [-0.3, -0.25) is 0 Å². The number of aliphatic hydroxyl groups excluding tert-OH is 1. The number of nitrogens with one attached hydrogen (secondary N) is 1. The maximum atomic E-state index is 10.1. The van der Waals surface area contributed by atoms with Crippen molar-refractivity contribution in [2.75, 3.05) is 19.7 Å². The number of hydrogen-bond donors (Lipinski definition) is 3. The summed E-state index contributed by atoms with van der Waals surface area (Å²) in [6, 6.07) is 19.4. The van der Waals surface area contributed by atoms with Gasteiger partial charge in [-0.25, -0.2) is 0 Å². The molecule has 4 heteroatoms. The lowest BCUT2D eigenvalue weighted by Crippen LogP contribution is -2.43. The number of para-hydroxylation sites is 1. The fourth-order valence-corrected chi connectivity index (χ4v) is 2.18. The van der Waals surface area contributed by atoms with Crippen molar-refractivity contribution in [1.29, 1.82) is 0 Å². The van der Waals surface area contributed by atoms with Crippen LogP contribution in [-0.4, -0.2) is 36.9 Å². The van der Waals surface area contributed by atoms with E-state index in [1.807, 2.05) is 60.7 Å². The first kappa shape index (κ1) is 16.5. The molecule has 0 saturated carbocycles. The summed E-state index contributed by atoms with van der Waals surface area (Å²) >= 11 is 0. The fourth-order valence-electron chi connectivity index (χ4n) is 2.18. The monoisotopic (exact) mass is 300 g/mol. The molecule has 2 aromatic rings. The average molecular weight is 300 g/mol. The minimum atomic E-state index is -0.572. The maximum absolute atomic E-state index is 10.1. The molecule has 0 aromatic heterocycles. The number of hydrogen-bond acceptors (Lipinski definition) is 4. The van der Waals surface area contributed by atoms with E-state index in [-0.39, 0.29) is 6.04 Å². The number of rotatable bonds is 9. The van der Waals surface area contributed by atoms with Gasteiger partial charge in [0.15, 0.2) is 0 Å². The van der Waals surface area contributed by atoms with E-state index in [9.17, 15) is 5.11 Å². The molecule has 0 saturated heterocycles. The van der Waals surface area contributed by atoms with Crippen LogP contribution >= 0.6 is 0 Å². The van der Waals surface area contributed by atoms with Gasteiger partial charge in [0.2, 0.25) is 0 Å². The molecule has 0 aliphatic heterocycles. The zero-order valence-electron chi connectivity index (χ0n) is 12.7. The average Bonchev–Trinajstić information content (AvgIpc) is 2.56. The molecular formula is C18H24N2O2. The first-order valence-corrected chi connectivity index (χ1v) is 7.62. The molecule has 2 rings (SSSR count). The van der Waals surface area contributed by atoms with Crippen molar-refractivity contribution in [2.45, 2.75) is 18.6 Å². The van der Waals surface area contributed by atoms with Gasteiger partial charge in [-0.2, -0.15) is 0 Å². The molecule has 0 unspecified atom stereocenters. The smallest absolute Gasteiger partial charge is 0.119 e. The van der Waals surface area contributed by atoms with Crippen molar-refractivity contribution in [1.82, 2.24) is 5.32 Å². The van der Waals surface area contributed by atoms with Crippen molar-refractivity contribution < 1.29 is 9.84 Å². The lowest BCUT2D eigenvalue weighted by molar-refractivity contribution is 0.140. The highest BCUT2D eigenvalue weighted by molar-refractivity contribution is 5.20. The largest absolute Gasteiger partial charge is 0.492 e. The highest BCUT2D eigenvalue weighted by atomic mass is 16.5. The molecule has 0 amide bonds. The molecule has 4 nitrogen and oxygen atoms in total. The standard InChI is InChI=1S/C18H24N2O2/c19-17(13-15-7-3-1-4-8-15)18(21)14-20-11-12-22-16-9-5-2-6-10-16/h1-10,17-18,20-21H,11-14,19H2/t17-,18+/m0/s1. The summed E-state index contributed by atoms with van der Waals surface area (Å²) in [6.45, 7) is 1.70. The second-order valence-electron chi connectivity index (χ2n) is 5.29. The second-order valence-corrected chi connectivity index (χ2v) is 5.29. The zero-order valence-corrected chi connectivity index (χ0v) is 12.7. The molecule has 2 aromatic carbocycles. The van der Waals surface area contributed by atoms with E-state index in [1.54, 1.807) is 0 Å². The van der Waals surface area contributed by atoms with Crippen LogP contribution in [0.5, 0.6) is 5.75 Å². The molecule has 0 heterocycles. The Morgan fingerprint density at radius 3 is 2.32 bits per heavy atom. The van der Waals surface area contributed by atoms with Crippen LogP contribution < -0.4 is 15.8 Å². The third kappa shape index (κ3) is 5.85. The maximum Gasteiger partial charge on any atom is 0.119 e. The number of ether oxygens (including phenoxy) is 1. The summed E-state index contributed by atoms with van der Waals surface area (Å²) in [5.74, 6) is 0.852. The quantitative estimate of drug-likeness (QED) is 0.615. The highest BCUT2D eigenvalue weighted by Gasteiger charge is 2.14. The van der Waals surface area contributed by atoms with Gasteiger partial charge in [-0.05, 0) is 24.1 Å². The first-order chi connectivity index (χ1) is 10.8. The number of aliphatic hydroxyl groups is 1. The fraction of sp³-hybridized carbons (Fsp3) is 0.333. The van der Waals surface area contributed by atoms with Gasteiger partial charge in [0.05, 0.1) is 6.10 Å². The predicted molar refractivity (Wildman–Crippen MR) is 88.9 cm³/mol. The minimum absolute atomic E-state index is 0.273. The molecular weight excluding hydrogens is 276 g/mol. The molecule has 2 atom stereocenters. The van der Waals surface area contributed by atoms with Crippen LogP contribution in [0.25, 0.3) is 0 Å². The number of nitrogens with two attached hydrogens (primary N) is 1. The summed E-state index contributed by atoms with van der Waals surface area (Å²) in [6.07, 6.45) is 0.0985. The highest BCUT2D eigenvalue weighted by Crippen LogP contribution is 2.07. The van der Waals surface area contributed by atoms with Gasteiger partial charge in [0.1, 0.15) is 12.4 Å². The van der Waals surface area contributed by atoms with Gasteiger partial charge in [0, 0.05) is 19.1 Å². The molecule has 0 aliphatic rings. The Hall–Kier alpha value is -1.88. The summed E-state index contributed by atoms with van der Waals surface area (Å²) in [5, 5.41) is 13.2. The molecule has 118 valence electrons. The molecule has 22 heavy (non-hydrogen) atoms. The topological polar surface area (TPSA) is 67.5 Å². The Balaban J connectivity index is 1.60. The molecule has 0 aliphatic carbocycles. The van der Waals surface area contributed by atoms with E-state index in [0.717, 1.165) is 11.3 Å². The molecule has 4 N–H and O–H groups in total. The van der Waals surface area contributed by atoms with Gasteiger partial charge < -0.3 is 20.9 Å². The van der Waals surface area contributed by atoms with Gasteiger partial charge >= 0.3 is 0 Å². The summed E-state index contributed by atoms with van der Waals surface area (Å²) in [4.78, 5) is 0. The molecule has 0 radical (unpaired) electrons. The Labute approximate surface area is 131 Å². The van der Waals surface area contributed by atoms with E-state index in [1.165, 1.54) is 0 Å². The SMILES string of the molecule is N[C@@H](Cc1ccccc1)[C@H](O)CNCCOc1ccccc1. The van der Waals surface area contributed by atoms with Crippen LogP contribution in [-0.2, 0) is 6.42 Å². The predicted octanol–water partition coefficient (Wildman–Crippen LogP) is 1.59. The third-order valence-corrected chi connectivity index (χ3v) is 3.45. The van der Waals surface area contributed by atoms with Gasteiger partial charge in [-0.1, -0.05) is 48.5 Å². The third-order valence-electron chi connectivity index (χ3n) is 3.45. The van der Waals surface area contributed by atoms with Crippen LogP contribution in [0.2, 0.25) is 0 Å². The van der Waals surface area contributed by atoms with Crippen molar-refractivity contribution in [2.24, 2.45) is 5.73 Å². The van der Waals surface area contributed by atoms with Crippen molar-refractivity contribution in [3.8, 4) is 5.75 Å². The Morgan fingerprint density at radius 2 is 1.64 bits per heavy atom. The van der Waals surface area contributed by atoms with Crippen LogP contribution in [0, 0.1) is 0 Å². The molecule has 0 bridgehead atoms. The normalized spacial score (nSPS) is 13.5. The lowest BCUT2D eigenvalue weighted by atomic mass is 10.0.